The fourth-order valence-electron chi connectivity index (χ4n) is 6.61. The number of likely N-dealkylation sites (tertiary alicyclic amines) is 2. The summed E-state index contributed by atoms with van der Waals surface area (Å²) in [5.41, 5.74) is 8.82. The topological polar surface area (TPSA) is 36.3 Å². The Morgan fingerprint density at radius 1 is 0.825 bits per heavy atom. The molecular weight excluding hydrogens is 490 g/mol. The van der Waals surface area contributed by atoms with E-state index in [9.17, 15) is 0 Å². The number of aromatic nitrogens is 2. The van der Waals surface area contributed by atoms with Crippen LogP contribution in [0.2, 0.25) is 0 Å². The summed E-state index contributed by atoms with van der Waals surface area (Å²) >= 11 is 0. The van der Waals surface area contributed by atoms with Crippen molar-refractivity contribution in [1.82, 2.24) is 24.7 Å². The van der Waals surface area contributed by atoms with Crippen molar-refractivity contribution >= 4 is 16.7 Å². The van der Waals surface area contributed by atoms with E-state index < -0.39 is 0 Å². The third-order valence-corrected chi connectivity index (χ3v) is 8.93. The molecule has 0 aliphatic carbocycles. The maximum Gasteiger partial charge on any atom is 0.140 e. The Balaban J connectivity index is 1.08. The average Bonchev–Trinajstić information content (AvgIpc) is 3.41. The Kier molecular flexibility index (Phi) is 8.31. The Morgan fingerprint density at radius 2 is 1.52 bits per heavy atom. The van der Waals surface area contributed by atoms with Gasteiger partial charge in [0.25, 0.3) is 0 Å². The molecule has 2 aliphatic rings. The van der Waals surface area contributed by atoms with Crippen LogP contribution in [0.1, 0.15) is 65.8 Å². The van der Waals surface area contributed by atoms with Crippen LogP contribution >= 0.6 is 0 Å². The second-order valence-electron chi connectivity index (χ2n) is 11.7. The van der Waals surface area contributed by atoms with Crippen molar-refractivity contribution in [2.24, 2.45) is 0 Å². The molecule has 40 heavy (non-hydrogen) atoms. The number of piperidine rings is 2. The molecule has 208 valence electrons. The number of benzene rings is 2. The van der Waals surface area contributed by atoms with E-state index in [-0.39, 0.29) is 0 Å². The van der Waals surface area contributed by atoms with Gasteiger partial charge >= 0.3 is 0 Å². The van der Waals surface area contributed by atoms with Crippen molar-refractivity contribution in [3.63, 3.8) is 0 Å². The molecule has 2 aromatic carbocycles. The summed E-state index contributed by atoms with van der Waals surface area (Å²) in [6.45, 7) is 11.8. The monoisotopic (exact) mass is 533 g/mol. The molecule has 1 N–H and O–H groups in total. The molecule has 2 aliphatic heterocycles. The van der Waals surface area contributed by atoms with Crippen LogP contribution < -0.4 is 5.32 Å². The highest BCUT2D eigenvalue weighted by Crippen LogP contribution is 2.33. The Hall–Kier alpha value is -3.41. The number of pyridine rings is 1. The van der Waals surface area contributed by atoms with E-state index in [1.54, 1.807) is 0 Å². The lowest BCUT2D eigenvalue weighted by Gasteiger charge is -2.32. The van der Waals surface area contributed by atoms with E-state index in [1.165, 1.54) is 72.8 Å². The van der Waals surface area contributed by atoms with Crippen LogP contribution in [-0.2, 0) is 19.6 Å². The predicted molar refractivity (Wildman–Crippen MR) is 166 cm³/mol. The summed E-state index contributed by atoms with van der Waals surface area (Å²) in [7, 11) is 1.91. The van der Waals surface area contributed by atoms with Gasteiger partial charge in [-0.05, 0) is 97.7 Å². The quantitative estimate of drug-likeness (QED) is 0.262. The van der Waals surface area contributed by atoms with Crippen LogP contribution in [0.5, 0.6) is 0 Å². The van der Waals surface area contributed by atoms with Crippen LogP contribution in [0.4, 0.5) is 0 Å². The third kappa shape index (κ3) is 6.16. The maximum atomic E-state index is 4.80. The van der Waals surface area contributed by atoms with Gasteiger partial charge in [-0.2, -0.15) is 0 Å². The largest absolute Gasteiger partial charge is 0.388 e. The first-order valence-electron chi connectivity index (χ1n) is 15.1. The van der Waals surface area contributed by atoms with E-state index in [0.717, 1.165) is 49.6 Å². The van der Waals surface area contributed by atoms with Crippen LogP contribution in [0.3, 0.4) is 0 Å². The van der Waals surface area contributed by atoms with Crippen molar-refractivity contribution in [2.75, 3.05) is 33.2 Å². The average molecular weight is 534 g/mol. The number of hydrogen-bond donors (Lipinski definition) is 1. The van der Waals surface area contributed by atoms with Gasteiger partial charge in [0.2, 0.25) is 0 Å². The zero-order chi connectivity index (χ0) is 27.3. The van der Waals surface area contributed by atoms with Gasteiger partial charge in [-0.3, -0.25) is 9.80 Å². The molecule has 0 saturated carbocycles. The van der Waals surface area contributed by atoms with Gasteiger partial charge in [-0.1, -0.05) is 61.5 Å². The summed E-state index contributed by atoms with van der Waals surface area (Å²) in [5, 5.41) is 4.44. The normalized spacial score (nSPS) is 17.3. The van der Waals surface area contributed by atoms with Gasteiger partial charge in [0.1, 0.15) is 5.65 Å². The van der Waals surface area contributed by atoms with Crippen molar-refractivity contribution in [1.29, 1.82) is 0 Å². The summed E-state index contributed by atoms with van der Waals surface area (Å²) in [4.78, 5) is 10.1. The zero-order valence-electron chi connectivity index (χ0n) is 24.0. The molecule has 4 heterocycles. The minimum Gasteiger partial charge on any atom is -0.388 e. The molecule has 0 amide bonds. The third-order valence-electron chi connectivity index (χ3n) is 8.93. The molecular formula is C35H43N5. The first-order chi connectivity index (χ1) is 19.7. The molecule has 0 unspecified atom stereocenters. The lowest BCUT2D eigenvalue weighted by atomic mass is 9.88. The number of nitrogens with one attached hydrogen (secondary N) is 1. The first kappa shape index (κ1) is 26.8. The SMILES string of the molecule is C=C(NC)c1ccc(Cn2ccc3c(C4CCN(Cc5cccc(CN6CCCCC6)c5)CC4)ccnc32)cc1. The molecule has 5 heteroatoms. The fourth-order valence-corrected chi connectivity index (χ4v) is 6.61. The molecule has 0 spiro atoms. The summed E-state index contributed by atoms with van der Waals surface area (Å²) in [5.74, 6) is 0.592. The molecule has 2 fully saturated rings. The van der Waals surface area contributed by atoms with E-state index in [2.05, 4.69) is 93.1 Å². The van der Waals surface area contributed by atoms with Gasteiger partial charge in [-0.15, -0.1) is 0 Å². The number of nitrogens with zero attached hydrogens (tertiary/aromatic N) is 4. The minimum atomic E-state index is 0.592. The highest BCUT2D eigenvalue weighted by Gasteiger charge is 2.23. The van der Waals surface area contributed by atoms with Crippen molar-refractivity contribution in [3.05, 3.63) is 107 Å². The predicted octanol–water partition coefficient (Wildman–Crippen LogP) is 6.64. The van der Waals surface area contributed by atoms with E-state index >= 15 is 0 Å². The maximum absolute atomic E-state index is 4.80. The summed E-state index contributed by atoms with van der Waals surface area (Å²) in [6, 6.07) is 22.5. The summed E-state index contributed by atoms with van der Waals surface area (Å²) in [6.07, 6.45) is 10.7. The van der Waals surface area contributed by atoms with E-state index in [4.69, 9.17) is 4.98 Å². The Labute approximate surface area is 239 Å². The highest BCUT2D eigenvalue weighted by atomic mass is 15.1. The van der Waals surface area contributed by atoms with Gasteiger partial charge in [0.05, 0.1) is 0 Å². The molecule has 0 bridgehead atoms. The molecule has 4 aromatic rings. The van der Waals surface area contributed by atoms with Crippen LogP contribution in [0.25, 0.3) is 16.7 Å². The number of fused-ring (bicyclic) bond motifs is 1. The first-order valence-corrected chi connectivity index (χ1v) is 15.1. The Bertz CT molecular complexity index is 1420. The fraction of sp³-hybridized carbons (Fsp3) is 0.400. The summed E-state index contributed by atoms with van der Waals surface area (Å²) < 4.78 is 2.28. The van der Waals surface area contributed by atoms with E-state index in [0.29, 0.717) is 5.92 Å². The second kappa shape index (κ2) is 12.4. The molecule has 0 atom stereocenters. The van der Waals surface area contributed by atoms with E-state index in [1.807, 2.05) is 13.2 Å². The van der Waals surface area contributed by atoms with Gasteiger partial charge < -0.3 is 9.88 Å². The van der Waals surface area contributed by atoms with Gasteiger partial charge in [0, 0.05) is 50.2 Å². The van der Waals surface area contributed by atoms with Gasteiger partial charge in [0.15, 0.2) is 0 Å². The lowest BCUT2D eigenvalue weighted by Crippen LogP contribution is -2.32. The molecule has 5 nitrogen and oxygen atoms in total. The highest BCUT2D eigenvalue weighted by molar-refractivity contribution is 5.80. The minimum absolute atomic E-state index is 0.592. The van der Waals surface area contributed by atoms with Crippen LogP contribution in [0.15, 0.2) is 79.6 Å². The lowest BCUT2D eigenvalue weighted by molar-refractivity contribution is 0.204. The molecule has 0 radical (unpaired) electrons. The van der Waals surface area contributed by atoms with Crippen LogP contribution in [-0.4, -0.2) is 52.6 Å². The molecule has 2 aromatic heterocycles. The standard InChI is InChI=1S/C35H43N5/c1-27(36-2)31-11-9-28(10-12-31)26-40-22-16-34-33(13-17-37-35(34)40)32-14-20-39(21-15-32)25-30-8-6-7-29(23-30)24-38-18-4-3-5-19-38/h6-13,16-17,22-23,32,36H,1,3-5,14-15,18-21,24-26H2,2H3. The van der Waals surface area contributed by atoms with Crippen molar-refractivity contribution in [3.8, 4) is 0 Å². The van der Waals surface area contributed by atoms with Crippen molar-refractivity contribution in [2.45, 2.75) is 57.7 Å². The second-order valence-corrected chi connectivity index (χ2v) is 11.7. The number of rotatable bonds is 9. The van der Waals surface area contributed by atoms with Gasteiger partial charge in [-0.25, -0.2) is 4.98 Å². The zero-order valence-corrected chi connectivity index (χ0v) is 24.0. The molecule has 2 saturated heterocycles. The van der Waals surface area contributed by atoms with Crippen molar-refractivity contribution < 1.29 is 0 Å². The number of hydrogen-bond acceptors (Lipinski definition) is 4. The molecule has 6 rings (SSSR count). The smallest absolute Gasteiger partial charge is 0.140 e. The Morgan fingerprint density at radius 3 is 2.23 bits per heavy atom. The van der Waals surface area contributed by atoms with Crippen LogP contribution in [0, 0.1) is 0 Å².